The molecule has 0 spiro atoms. The average molecular weight is 465 g/mol. The molecule has 0 radical (unpaired) electrons. The number of amides is 2. The third kappa shape index (κ3) is 7.59. The van der Waals surface area contributed by atoms with Crippen LogP contribution in [0.25, 0.3) is 0 Å². The largest absolute Gasteiger partial charge is 0.383 e. The van der Waals surface area contributed by atoms with E-state index >= 15 is 0 Å². The van der Waals surface area contributed by atoms with Crippen LogP contribution in [0, 0.1) is 11.8 Å². The van der Waals surface area contributed by atoms with Crippen LogP contribution in [-0.4, -0.2) is 43.4 Å². The molecule has 1 aliphatic carbocycles. The fraction of sp³-hybridized carbons (Fsp3) is 0.500. The fourth-order valence-electron chi connectivity index (χ4n) is 4.65. The Morgan fingerprint density at radius 1 is 0.912 bits per heavy atom. The van der Waals surface area contributed by atoms with Gasteiger partial charge in [-0.25, -0.2) is 0 Å². The SMILES string of the molecule is CCC(CNc1ccc(NC(=O)c2ccc(NC(=O)CC3CCCCC3C)cc2)cc1)N(C)C. The summed E-state index contributed by atoms with van der Waals surface area (Å²) in [5.74, 6) is 0.969. The minimum Gasteiger partial charge on any atom is -0.383 e. The maximum atomic E-state index is 12.6. The summed E-state index contributed by atoms with van der Waals surface area (Å²) in [6, 6.07) is 15.3. The van der Waals surface area contributed by atoms with E-state index in [2.05, 4.69) is 48.8 Å². The molecule has 0 aromatic heterocycles. The van der Waals surface area contributed by atoms with Crippen molar-refractivity contribution in [2.75, 3.05) is 36.6 Å². The second kappa shape index (κ2) is 12.6. The first kappa shape index (κ1) is 25.8. The predicted molar refractivity (Wildman–Crippen MR) is 141 cm³/mol. The molecule has 2 aromatic rings. The zero-order chi connectivity index (χ0) is 24.5. The number of anilines is 3. The zero-order valence-corrected chi connectivity index (χ0v) is 21.1. The van der Waals surface area contributed by atoms with Crippen LogP contribution in [0.15, 0.2) is 48.5 Å². The molecule has 2 amide bonds. The highest BCUT2D eigenvalue weighted by molar-refractivity contribution is 6.04. The molecule has 34 heavy (non-hydrogen) atoms. The topological polar surface area (TPSA) is 73.5 Å². The highest BCUT2D eigenvalue weighted by atomic mass is 16.2. The second-order valence-corrected chi connectivity index (χ2v) is 9.79. The van der Waals surface area contributed by atoms with Crippen molar-refractivity contribution in [2.45, 2.75) is 58.4 Å². The summed E-state index contributed by atoms with van der Waals surface area (Å²) in [6.45, 7) is 5.31. The Labute approximate surface area is 204 Å². The number of hydrogen-bond acceptors (Lipinski definition) is 4. The lowest BCUT2D eigenvalue weighted by molar-refractivity contribution is -0.117. The molecule has 6 nitrogen and oxygen atoms in total. The van der Waals surface area contributed by atoms with Crippen LogP contribution in [0.4, 0.5) is 17.1 Å². The molecule has 0 aliphatic heterocycles. The third-order valence-corrected chi connectivity index (χ3v) is 7.05. The maximum absolute atomic E-state index is 12.6. The van der Waals surface area contributed by atoms with E-state index in [4.69, 9.17) is 0 Å². The maximum Gasteiger partial charge on any atom is 0.255 e. The van der Waals surface area contributed by atoms with Crippen molar-refractivity contribution >= 4 is 28.9 Å². The molecule has 3 rings (SSSR count). The van der Waals surface area contributed by atoms with Gasteiger partial charge in [-0.3, -0.25) is 9.59 Å². The first-order valence-electron chi connectivity index (χ1n) is 12.6. The van der Waals surface area contributed by atoms with Crippen LogP contribution in [0.1, 0.15) is 62.7 Å². The van der Waals surface area contributed by atoms with Crippen LogP contribution >= 0.6 is 0 Å². The van der Waals surface area contributed by atoms with E-state index in [1.165, 1.54) is 19.3 Å². The van der Waals surface area contributed by atoms with Crippen molar-refractivity contribution in [1.29, 1.82) is 0 Å². The number of nitrogens with one attached hydrogen (secondary N) is 3. The molecule has 0 heterocycles. The van der Waals surface area contributed by atoms with E-state index < -0.39 is 0 Å². The molecule has 3 unspecified atom stereocenters. The molecule has 1 aliphatic rings. The number of hydrogen-bond donors (Lipinski definition) is 3. The Morgan fingerprint density at radius 3 is 2.12 bits per heavy atom. The summed E-state index contributed by atoms with van der Waals surface area (Å²) in [6.07, 6.45) is 6.51. The predicted octanol–water partition coefficient (Wildman–Crippen LogP) is 5.85. The number of likely N-dealkylation sites (N-methyl/N-ethyl adjacent to an activating group) is 1. The van der Waals surface area contributed by atoms with Crippen molar-refractivity contribution in [3.05, 3.63) is 54.1 Å². The van der Waals surface area contributed by atoms with Crippen molar-refractivity contribution in [3.8, 4) is 0 Å². The second-order valence-electron chi connectivity index (χ2n) is 9.79. The minimum atomic E-state index is -0.173. The standard InChI is InChI=1S/C28H40N4O2/c1-5-26(32(3)4)19-29-23-14-16-25(17-15-23)31-28(34)21-10-12-24(13-11-21)30-27(33)18-22-9-7-6-8-20(22)2/h10-17,20,22,26,29H,5-9,18-19H2,1-4H3,(H,30,33)(H,31,34). The van der Waals surface area contributed by atoms with Crippen molar-refractivity contribution < 1.29 is 9.59 Å². The van der Waals surface area contributed by atoms with Gasteiger partial charge in [0.2, 0.25) is 5.91 Å². The Hall–Kier alpha value is -2.86. The van der Waals surface area contributed by atoms with Crippen LogP contribution in [0.3, 0.4) is 0 Å². The third-order valence-electron chi connectivity index (χ3n) is 7.05. The first-order chi connectivity index (χ1) is 16.4. The van der Waals surface area contributed by atoms with Gasteiger partial charge in [-0.1, -0.05) is 33.1 Å². The van der Waals surface area contributed by atoms with E-state index in [0.717, 1.165) is 36.4 Å². The fourth-order valence-corrected chi connectivity index (χ4v) is 4.65. The van der Waals surface area contributed by atoms with Crippen molar-refractivity contribution in [2.24, 2.45) is 11.8 Å². The van der Waals surface area contributed by atoms with Crippen LogP contribution in [-0.2, 0) is 4.79 Å². The van der Waals surface area contributed by atoms with Crippen molar-refractivity contribution in [3.63, 3.8) is 0 Å². The van der Waals surface area contributed by atoms with Gasteiger partial charge in [-0.15, -0.1) is 0 Å². The van der Waals surface area contributed by atoms with Gasteiger partial charge in [0.05, 0.1) is 0 Å². The quantitative estimate of drug-likeness (QED) is 0.413. The van der Waals surface area contributed by atoms with Gasteiger partial charge in [0, 0.05) is 41.6 Å². The van der Waals surface area contributed by atoms with E-state index in [9.17, 15) is 9.59 Å². The first-order valence-corrected chi connectivity index (χ1v) is 12.6. The van der Waals surface area contributed by atoms with Gasteiger partial charge >= 0.3 is 0 Å². The molecule has 2 aromatic carbocycles. The Morgan fingerprint density at radius 2 is 1.50 bits per heavy atom. The van der Waals surface area contributed by atoms with Gasteiger partial charge in [-0.05, 0) is 87.3 Å². The normalized spacial score (nSPS) is 18.9. The van der Waals surface area contributed by atoms with Gasteiger partial charge in [-0.2, -0.15) is 0 Å². The Balaban J connectivity index is 1.48. The van der Waals surface area contributed by atoms with E-state index in [1.807, 2.05) is 24.3 Å². The van der Waals surface area contributed by atoms with Crippen molar-refractivity contribution in [1.82, 2.24) is 4.90 Å². The van der Waals surface area contributed by atoms with Crippen LogP contribution in [0.5, 0.6) is 0 Å². The molecule has 3 atom stereocenters. The minimum absolute atomic E-state index is 0.0560. The zero-order valence-electron chi connectivity index (χ0n) is 21.1. The Bertz CT molecular complexity index is 924. The molecule has 0 bridgehead atoms. The van der Waals surface area contributed by atoms with E-state index in [-0.39, 0.29) is 11.8 Å². The smallest absolute Gasteiger partial charge is 0.255 e. The number of nitrogens with zero attached hydrogens (tertiary/aromatic N) is 1. The lowest BCUT2D eigenvalue weighted by Gasteiger charge is -2.28. The number of carbonyl (C=O) groups excluding carboxylic acids is 2. The van der Waals surface area contributed by atoms with Gasteiger partial charge < -0.3 is 20.9 Å². The molecule has 3 N–H and O–H groups in total. The highest BCUT2D eigenvalue weighted by Crippen LogP contribution is 2.32. The monoisotopic (exact) mass is 464 g/mol. The van der Waals surface area contributed by atoms with Crippen LogP contribution < -0.4 is 16.0 Å². The molecule has 1 saturated carbocycles. The summed E-state index contributed by atoms with van der Waals surface area (Å²) in [5.41, 5.74) is 3.05. The molecule has 6 heteroatoms. The lowest BCUT2D eigenvalue weighted by Crippen LogP contribution is -2.33. The molecule has 184 valence electrons. The van der Waals surface area contributed by atoms with Gasteiger partial charge in [0.15, 0.2) is 0 Å². The number of carbonyl (C=O) groups is 2. The average Bonchev–Trinajstić information content (AvgIpc) is 2.82. The van der Waals surface area contributed by atoms with Gasteiger partial charge in [0.1, 0.15) is 0 Å². The molecule has 1 fully saturated rings. The molecular formula is C28H40N4O2. The Kier molecular flexibility index (Phi) is 9.52. The number of benzene rings is 2. The summed E-state index contributed by atoms with van der Waals surface area (Å²) in [5, 5.41) is 9.37. The van der Waals surface area contributed by atoms with Crippen LogP contribution in [0.2, 0.25) is 0 Å². The summed E-state index contributed by atoms with van der Waals surface area (Å²) >= 11 is 0. The number of rotatable bonds is 10. The van der Waals surface area contributed by atoms with E-state index in [1.54, 1.807) is 24.3 Å². The summed E-state index contributed by atoms with van der Waals surface area (Å²) < 4.78 is 0. The lowest BCUT2D eigenvalue weighted by atomic mass is 9.78. The van der Waals surface area contributed by atoms with Gasteiger partial charge in [0.25, 0.3) is 5.91 Å². The van der Waals surface area contributed by atoms with E-state index in [0.29, 0.717) is 29.9 Å². The highest BCUT2D eigenvalue weighted by Gasteiger charge is 2.23. The summed E-state index contributed by atoms with van der Waals surface area (Å²) in [4.78, 5) is 27.3. The molecular weight excluding hydrogens is 424 g/mol. The summed E-state index contributed by atoms with van der Waals surface area (Å²) in [7, 11) is 4.18. The molecule has 0 saturated heterocycles.